The first-order valence-corrected chi connectivity index (χ1v) is 16.8. The Labute approximate surface area is 273 Å². The van der Waals surface area contributed by atoms with Gasteiger partial charge in [-0.1, -0.05) is 67.4 Å². The topological polar surface area (TPSA) is 117 Å². The summed E-state index contributed by atoms with van der Waals surface area (Å²) in [4.78, 5) is 26.2. The minimum absolute atomic E-state index is 0.0157. The van der Waals surface area contributed by atoms with Crippen LogP contribution in [0.3, 0.4) is 0 Å². The number of sulfonamides is 1. The molecule has 1 heterocycles. The first kappa shape index (κ1) is 34.6. The molecule has 1 fully saturated rings. The maximum absolute atomic E-state index is 15.3. The number of carbonyl (C=O) groups excluding carboxylic acids is 2. The quantitative estimate of drug-likeness (QED) is 0.235. The number of hydrogen-bond donors (Lipinski definition) is 3. The Balaban J connectivity index is 1.59. The van der Waals surface area contributed by atoms with Crippen molar-refractivity contribution < 1.29 is 27.1 Å². The van der Waals surface area contributed by atoms with Crippen LogP contribution in [0.2, 0.25) is 10.0 Å². The number of nitrogens with one attached hydrogen (secondary N) is 3. The molecule has 0 bridgehead atoms. The van der Waals surface area contributed by atoms with E-state index in [0.717, 1.165) is 5.56 Å². The average Bonchev–Trinajstić information content (AvgIpc) is 3.01. The standard InChI is InChI=1S/C32H37Cl2FN4O5S/c1-20(2)29(21-11-13-22(33)14-12-21)30(38-32(41)44-3)31(40)37-27-9-6-8-26(35)24(27)16-15-23-19-36-17-18-39(23)45(42,43)28-10-5-4-7-25(28)34/h4-14,20,23,29-30,36H,15-19H2,1-3H3,(H,37,40)(H,38,41)/t23-,29?,30-/m0/s1. The number of rotatable bonds is 11. The molecule has 0 aromatic heterocycles. The summed E-state index contributed by atoms with van der Waals surface area (Å²) in [6, 6.07) is 16.0. The second-order valence-corrected chi connectivity index (χ2v) is 13.8. The highest BCUT2D eigenvalue weighted by atomic mass is 35.5. The first-order valence-electron chi connectivity index (χ1n) is 14.6. The van der Waals surface area contributed by atoms with E-state index in [-0.39, 0.29) is 46.5 Å². The minimum atomic E-state index is -3.92. The number of methoxy groups -OCH3 is 1. The number of carbonyl (C=O) groups is 2. The van der Waals surface area contributed by atoms with E-state index < -0.39 is 45.8 Å². The molecule has 0 saturated carbocycles. The van der Waals surface area contributed by atoms with Gasteiger partial charge in [-0.05, 0) is 60.7 Å². The molecule has 1 aliphatic heterocycles. The van der Waals surface area contributed by atoms with Gasteiger partial charge in [0.15, 0.2) is 0 Å². The van der Waals surface area contributed by atoms with Crippen LogP contribution in [0.25, 0.3) is 0 Å². The summed E-state index contributed by atoms with van der Waals surface area (Å²) >= 11 is 12.3. The SMILES string of the molecule is COC(=O)N[C@H](C(=O)Nc1cccc(F)c1CC[C@H]1CNCCN1S(=O)(=O)c1ccccc1Cl)C(c1ccc(Cl)cc1)C(C)C. The fourth-order valence-electron chi connectivity index (χ4n) is 5.69. The van der Waals surface area contributed by atoms with Crippen LogP contribution in [0.5, 0.6) is 0 Å². The zero-order chi connectivity index (χ0) is 32.7. The van der Waals surface area contributed by atoms with E-state index in [1.54, 1.807) is 42.5 Å². The number of amides is 2. The third-order valence-corrected chi connectivity index (χ3v) is 10.6. The molecule has 0 spiro atoms. The van der Waals surface area contributed by atoms with Crippen molar-refractivity contribution in [3.05, 3.63) is 93.7 Å². The van der Waals surface area contributed by atoms with E-state index in [1.807, 2.05) is 13.8 Å². The van der Waals surface area contributed by atoms with Crippen LogP contribution in [-0.4, -0.2) is 63.6 Å². The van der Waals surface area contributed by atoms with Gasteiger partial charge in [-0.3, -0.25) is 4.79 Å². The number of alkyl carbamates (subject to hydrolysis) is 1. The van der Waals surface area contributed by atoms with Crippen LogP contribution in [-0.2, 0) is 26.0 Å². The monoisotopic (exact) mass is 678 g/mol. The van der Waals surface area contributed by atoms with Crippen molar-refractivity contribution in [2.45, 2.75) is 49.6 Å². The molecule has 3 N–H and O–H groups in total. The second-order valence-electron chi connectivity index (χ2n) is 11.1. The Morgan fingerprint density at radius 1 is 1.07 bits per heavy atom. The first-order chi connectivity index (χ1) is 21.4. The summed E-state index contributed by atoms with van der Waals surface area (Å²) in [6.07, 6.45) is -0.397. The van der Waals surface area contributed by atoms with Crippen LogP contribution in [0.15, 0.2) is 71.6 Å². The summed E-state index contributed by atoms with van der Waals surface area (Å²) in [7, 11) is -2.71. The van der Waals surface area contributed by atoms with Crippen LogP contribution in [0, 0.1) is 11.7 Å². The van der Waals surface area contributed by atoms with Crippen molar-refractivity contribution in [2.75, 3.05) is 32.1 Å². The zero-order valence-electron chi connectivity index (χ0n) is 25.2. The van der Waals surface area contributed by atoms with E-state index in [9.17, 15) is 18.0 Å². The molecule has 2 amide bonds. The summed E-state index contributed by atoms with van der Waals surface area (Å²) in [6.45, 7) is 4.89. The Morgan fingerprint density at radius 2 is 1.78 bits per heavy atom. The predicted molar refractivity (Wildman–Crippen MR) is 174 cm³/mol. The average molecular weight is 680 g/mol. The third kappa shape index (κ3) is 8.33. The third-order valence-electron chi connectivity index (χ3n) is 7.90. The van der Waals surface area contributed by atoms with Gasteiger partial charge in [0.1, 0.15) is 16.8 Å². The predicted octanol–water partition coefficient (Wildman–Crippen LogP) is 5.83. The lowest BCUT2D eigenvalue weighted by molar-refractivity contribution is -0.118. The molecule has 0 aliphatic carbocycles. The Kier molecular flexibility index (Phi) is 11.8. The number of halogens is 3. The molecule has 45 heavy (non-hydrogen) atoms. The van der Waals surface area contributed by atoms with Crippen molar-refractivity contribution in [3.8, 4) is 0 Å². The highest BCUT2D eigenvalue weighted by Crippen LogP contribution is 2.32. The van der Waals surface area contributed by atoms with Gasteiger partial charge < -0.3 is 20.7 Å². The summed E-state index contributed by atoms with van der Waals surface area (Å²) in [5, 5.41) is 9.34. The van der Waals surface area contributed by atoms with Crippen molar-refractivity contribution in [1.29, 1.82) is 0 Å². The van der Waals surface area contributed by atoms with E-state index in [4.69, 9.17) is 27.9 Å². The number of ether oxygens (including phenoxy) is 1. The molecule has 1 unspecified atom stereocenters. The smallest absolute Gasteiger partial charge is 0.407 e. The Morgan fingerprint density at radius 3 is 2.44 bits per heavy atom. The lowest BCUT2D eigenvalue weighted by Crippen LogP contribution is -2.53. The van der Waals surface area contributed by atoms with Crippen molar-refractivity contribution in [3.63, 3.8) is 0 Å². The summed E-state index contributed by atoms with van der Waals surface area (Å²) in [5.41, 5.74) is 1.21. The molecular formula is C32H37Cl2FN4O5S. The molecule has 1 aliphatic rings. The van der Waals surface area contributed by atoms with Gasteiger partial charge in [0.25, 0.3) is 0 Å². The van der Waals surface area contributed by atoms with Gasteiger partial charge in [-0.2, -0.15) is 4.31 Å². The number of benzene rings is 3. The number of piperazine rings is 1. The number of nitrogens with zero attached hydrogens (tertiary/aromatic N) is 1. The van der Waals surface area contributed by atoms with E-state index >= 15 is 4.39 Å². The van der Waals surface area contributed by atoms with Crippen molar-refractivity contribution in [2.24, 2.45) is 5.92 Å². The Hall–Kier alpha value is -3.22. The van der Waals surface area contributed by atoms with Gasteiger partial charge in [0.2, 0.25) is 15.9 Å². The van der Waals surface area contributed by atoms with Gasteiger partial charge in [-0.15, -0.1) is 0 Å². The molecule has 4 rings (SSSR count). The normalized spacial score (nSPS) is 17.0. The Bertz CT molecular complexity index is 1610. The van der Waals surface area contributed by atoms with Crippen LogP contribution in [0.4, 0.5) is 14.9 Å². The zero-order valence-corrected chi connectivity index (χ0v) is 27.6. The lowest BCUT2D eigenvalue weighted by Gasteiger charge is -2.35. The fraction of sp³-hybridized carbons (Fsp3) is 0.375. The molecule has 3 atom stereocenters. The maximum Gasteiger partial charge on any atom is 0.407 e. The molecule has 1 saturated heterocycles. The van der Waals surface area contributed by atoms with Crippen LogP contribution < -0.4 is 16.0 Å². The van der Waals surface area contributed by atoms with Gasteiger partial charge in [0.05, 0.1) is 12.1 Å². The largest absolute Gasteiger partial charge is 0.453 e. The number of hydrogen-bond acceptors (Lipinski definition) is 6. The molecule has 3 aromatic rings. The molecular weight excluding hydrogens is 642 g/mol. The molecule has 0 radical (unpaired) electrons. The highest BCUT2D eigenvalue weighted by molar-refractivity contribution is 7.89. The second kappa shape index (κ2) is 15.4. The lowest BCUT2D eigenvalue weighted by atomic mass is 9.82. The van der Waals surface area contributed by atoms with Crippen molar-refractivity contribution in [1.82, 2.24) is 14.9 Å². The molecule has 242 valence electrons. The van der Waals surface area contributed by atoms with Gasteiger partial charge in [0, 0.05) is 47.9 Å². The molecule has 9 nitrogen and oxygen atoms in total. The van der Waals surface area contributed by atoms with Crippen LogP contribution in [0.1, 0.15) is 37.3 Å². The maximum atomic E-state index is 15.3. The van der Waals surface area contributed by atoms with E-state index in [0.29, 0.717) is 18.1 Å². The van der Waals surface area contributed by atoms with E-state index in [1.165, 1.54) is 35.7 Å². The molecule has 13 heteroatoms. The van der Waals surface area contributed by atoms with Gasteiger partial charge in [-0.25, -0.2) is 17.6 Å². The van der Waals surface area contributed by atoms with Crippen LogP contribution >= 0.6 is 23.2 Å². The van der Waals surface area contributed by atoms with Crippen molar-refractivity contribution >= 4 is 50.9 Å². The minimum Gasteiger partial charge on any atom is -0.453 e. The highest BCUT2D eigenvalue weighted by Gasteiger charge is 2.36. The molecule has 3 aromatic carbocycles. The van der Waals surface area contributed by atoms with Gasteiger partial charge >= 0.3 is 6.09 Å². The summed E-state index contributed by atoms with van der Waals surface area (Å²) in [5.74, 6) is -1.69. The van der Waals surface area contributed by atoms with E-state index in [2.05, 4.69) is 16.0 Å². The summed E-state index contributed by atoms with van der Waals surface area (Å²) < 4.78 is 48.7. The fourth-order valence-corrected chi connectivity index (χ4v) is 7.96. The number of anilines is 1.